The van der Waals surface area contributed by atoms with Crippen molar-refractivity contribution in [1.29, 1.82) is 0 Å². The fourth-order valence-corrected chi connectivity index (χ4v) is 13.3. The highest BCUT2D eigenvalue weighted by Gasteiger charge is 2.52. The Morgan fingerprint density at radius 3 is 1.10 bits per heavy atom. The second-order valence-corrected chi connectivity index (χ2v) is 23.7. The van der Waals surface area contributed by atoms with E-state index in [1.54, 1.807) is 11.8 Å². The summed E-state index contributed by atoms with van der Waals surface area (Å²) in [5.41, 5.74) is -9.61. The summed E-state index contributed by atoms with van der Waals surface area (Å²) in [6.45, 7) is 7.21. The van der Waals surface area contributed by atoms with E-state index in [0.29, 0.717) is 6.61 Å². The minimum Gasteiger partial charge on any atom is -0.492 e. The van der Waals surface area contributed by atoms with Gasteiger partial charge in [0.05, 0.1) is 28.5 Å². The van der Waals surface area contributed by atoms with Crippen LogP contribution in [0.2, 0.25) is 0 Å². The predicted octanol–water partition coefficient (Wildman–Crippen LogP) is 18.5. The number of halogens is 20. The van der Waals surface area contributed by atoms with Crippen LogP contribution < -0.4 is 31.3 Å². The molecule has 0 radical (unpaired) electrons. The largest absolute Gasteiger partial charge is 0.492 e. The quantitative estimate of drug-likeness (QED) is 0.0213. The number of hydrogen-bond donors (Lipinski definition) is 0. The van der Waals surface area contributed by atoms with E-state index >= 15 is 35.1 Å². The summed E-state index contributed by atoms with van der Waals surface area (Å²) in [7, 11) is -0.372. The van der Waals surface area contributed by atoms with Crippen molar-refractivity contribution in [3.05, 3.63) is 268 Å². The summed E-state index contributed by atoms with van der Waals surface area (Å²) in [6.07, 6.45) is -4.06. The van der Waals surface area contributed by atoms with E-state index < -0.39 is 144 Å². The molecule has 10 aromatic rings. The lowest BCUT2D eigenvalue weighted by molar-refractivity contribution is 0.218. The molecule has 0 bridgehead atoms. The third-order valence-corrected chi connectivity index (χ3v) is 18.2. The van der Waals surface area contributed by atoms with Crippen molar-refractivity contribution in [3.63, 3.8) is 0 Å². The van der Waals surface area contributed by atoms with Crippen LogP contribution in [0, 0.1) is 116 Å². The predicted molar refractivity (Wildman–Crippen MR) is 313 cm³/mol. The Balaban J connectivity index is 0.000000220. The first-order valence-corrected chi connectivity index (χ1v) is 29.9. The molecule has 93 heavy (non-hydrogen) atoms. The van der Waals surface area contributed by atoms with Crippen molar-refractivity contribution in [2.75, 3.05) is 6.61 Å². The summed E-state index contributed by atoms with van der Waals surface area (Å²) < 4.78 is 307. The van der Waals surface area contributed by atoms with Crippen LogP contribution in [-0.2, 0) is 10.9 Å². The third-order valence-electron chi connectivity index (χ3n) is 15.0. The van der Waals surface area contributed by atoms with Gasteiger partial charge in [-0.2, -0.15) is 0 Å². The normalized spacial score (nSPS) is 12.2. The van der Waals surface area contributed by atoms with E-state index in [1.165, 1.54) is 30.7 Å². The maximum Gasteiger partial charge on any atom is 0.200 e. The standard InChI is InChI=1S/C44H43O2S2.C24BF20/c1-4-6-30-45-43-32-40(27-29-44(43)47-37-24-22-35(23-25-37)34-16-10-7-11-17-34)48(38-20-14-9-15-21-38)39-26-28-41(36-18-12-8-13-19-36)42(31-39)46-33(3)5-2;26-5-1(6(27)14(35)21(42)13(5)34)25(2-7(28)15(36)22(43)16(37)8(2)29,3-9(30)17(38)23(44)18(39)10(3)31)4-11(32)19(40)24(45)20(41)12(4)33/h7-29,31-33H,4-6,30H2,1-3H3;/q+1;-1. The molecular formula is C68H43BF20O2S2. The number of rotatable bonds is 18. The molecule has 10 aromatic carbocycles. The zero-order valence-corrected chi connectivity index (χ0v) is 49.7. The van der Waals surface area contributed by atoms with E-state index in [1.807, 2.05) is 0 Å². The first-order chi connectivity index (χ1) is 44.3. The van der Waals surface area contributed by atoms with Gasteiger partial charge < -0.3 is 9.47 Å². The molecule has 25 heteroatoms. The van der Waals surface area contributed by atoms with Crippen molar-refractivity contribution < 1.29 is 97.3 Å². The average Bonchev–Trinajstić information content (AvgIpc) is 0.682. The molecule has 2 unspecified atom stereocenters. The lowest BCUT2D eigenvalue weighted by Crippen LogP contribution is -2.81. The monoisotopic (exact) mass is 1350 g/mol. The SMILES string of the molecule is CCCCOc1cc([S+](c2ccccc2)c2ccc(-c3ccccc3)c(OC(C)CC)c2)ccc1Sc1ccc(-c2ccccc2)cc1.Fc1c(F)c(F)c([B-](c2c(F)c(F)c(F)c(F)c2F)(c2c(F)c(F)c(F)c(F)c2F)c2c(F)c(F)c(F)c(F)c2F)c(F)c1F. The zero-order chi connectivity index (χ0) is 67.5. The van der Waals surface area contributed by atoms with Crippen molar-refractivity contribution >= 4 is 50.7 Å². The minimum absolute atomic E-state index is 0.109. The zero-order valence-electron chi connectivity index (χ0n) is 48.1. The lowest BCUT2D eigenvalue weighted by Gasteiger charge is -2.44. The fourth-order valence-electron chi connectivity index (χ4n) is 10.3. The summed E-state index contributed by atoms with van der Waals surface area (Å²) in [5, 5.41) is 0. The molecule has 2 atom stereocenters. The third kappa shape index (κ3) is 12.9. The van der Waals surface area contributed by atoms with E-state index in [4.69, 9.17) is 9.47 Å². The van der Waals surface area contributed by atoms with Crippen LogP contribution in [0.1, 0.15) is 40.0 Å². The second kappa shape index (κ2) is 28.6. The summed E-state index contributed by atoms with van der Waals surface area (Å²) in [5.74, 6) is -69.5. The van der Waals surface area contributed by atoms with Crippen LogP contribution in [0.25, 0.3) is 22.3 Å². The Labute approximate surface area is 524 Å². The Morgan fingerprint density at radius 2 is 0.710 bits per heavy atom. The lowest BCUT2D eigenvalue weighted by atomic mass is 9.12. The summed E-state index contributed by atoms with van der Waals surface area (Å²) in [4.78, 5) is 6.01. The molecule has 0 fully saturated rings. The Bertz CT molecular complexity index is 4030. The van der Waals surface area contributed by atoms with E-state index in [-0.39, 0.29) is 17.0 Å². The van der Waals surface area contributed by atoms with Gasteiger partial charge in [0.15, 0.2) is 84.5 Å². The fraction of sp³-hybridized carbons (Fsp3) is 0.118. The molecule has 0 amide bonds. The van der Waals surface area contributed by atoms with Gasteiger partial charge in [0.2, 0.25) is 0 Å². The molecule has 0 spiro atoms. The van der Waals surface area contributed by atoms with Gasteiger partial charge in [-0.05, 0) is 85.0 Å². The highest BCUT2D eigenvalue weighted by Crippen LogP contribution is 2.43. The first kappa shape index (κ1) is 68.5. The van der Waals surface area contributed by atoms with Crippen molar-refractivity contribution in [3.8, 4) is 33.8 Å². The highest BCUT2D eigenvalue weighted by molar-refractivity contribution is 7.99. The van der Waals surface area contributed by atoms with Gasteiger partial charge in [-0.1, -0.05) is 123 Å². The topological polar surface area (TPSA) is 18.5 Å². The van der Waals surface area contributed by atoms with Crippen LogP contribution in [-0.4, -0.2) is 18.9 Å². The van der Waals surface area contributed by atoms with E-state index in [2.05, 4.69) is 172 Å². The smallest absolute Gasteiger partial charge is 0.200 e. The van der Waals surface area contributed by atoms with Gasteiger partial charge in [0.25, 0.3) is 0 Å². The number of hydrogen-bond acceptors (Lipinski definition) is 3. The summed E-state index contributed by atoms with van der Waals surface area (Å²) >= 11 is 1.76. The molecule has 0 aromatic heterocycles. The Morgan fingerprint density at radius 1 is 0.366 bits per heavy atom. The van der Waals surface area contributed by atoms with Crippen molar-refractivity contribution in [2.45, 2.75) is 70.6 Å². The van der Waals surface area contributed by atoms with Gasteiger partial charge in [0, 0.05) is 22.6 Å². The highest BCUT2D eigenvalue weighted by atomic mass is 32.2. The van der Waals surface area contributed by atoms with Gasteiger partial charge >= 0.3 is 0 Å². The molecule has 10 rings (SSSR count). The van der Waals surface area contributed by atoms with Crippen LogP contribution in [0.4, 0.5) is 87.8 Å². The summed E-state index contributed by atoms with van der Waals surface area (Å²) in [6, 6.07) is 54.3. The molecule has 0 heterocycles. The molecule has 0 aliphatic heterocycles. The number of benzene rings is 10. The van der Waals surface area contributed by atoms with Gasteiger partial charge in [-0.25, -0.2) is 87.8 Å². The molecule has 0 saturated carbocycles. The molecule has 0 N–H and O–H groups in total. The van der Waals surface area contributed by atoms with Crippen molar-refractivity contribution in [1.82, 2.24) is 0 Å². The number of unbranched alkanes of at least 4 members (excludes halogenated alkanes) is 1. The van der Waals surface area contributed by atoms with Gasteiger partial charge in [-0.15, -0.1) is 21.9 Å². The minimum atomic E-state index is -7.22. The van der Waals surface area contributed by atoms with Crippen LogP contribution in [0.5, 0.6) is 11.5 Å². The van der Waals surface area contributed by atoms with Crippen LogP contribution in [0.15, 0.2) is 176 Å². The second-order valence-electron chi connectivity index (χ2n) is 20.6. The average molecular weight is 1350 g/mol. The maximum absolute atomic E-state index is 15.4. The first-order valence-electron chi connectivity index (χ1n) is 27.8. The number of ether oxygens (including phenoxy) is 2. The van der Waals surface area contributed by atoms with E-state index in [0.717, 1.165) is 46.8 Å². The molecule has 2 nitrogen and oxygen atoms in total. The Kier molecular flexibility index (Phi) is 21.1. The maximum atomic E-state index is 15.4. The van der Waals surface area contributed by atoms with E-state index in [9.17, 15) is 52.7 Å². The molecule has 0 aliphatic carbocycles. The molecule has 482 valence electrons. The van der Waals surface area contributed by atoms with Crippen molar-refractivity contribution in [2.24, 2.45) is 0 Å². The Hall–Kier alpha value is -8.84. The van der Waals surface area contributed by atoms with Gasteiger partial charge in [0.1, 0.15) is 64.2 Å². The van der Waals surface area contributed by atoms with Crippen LogP contribution >= 0.6 is 11.8 Å². The van der Waals surface area contributed by atoms with Crippen LogP contribution in [0.3, 0.4) is 0 Å². The van der Waals surface area contributed by atoms with Gasteiger partial charge in [-0.3, -0.25) is 0 Å². The molecule has 0 aliphatic rings. The molecule has 0 saturated heterocycles. The molecular weight excluding hydrogens is 1300 g/mol.